The number of benzene rings is 1. The van der Waals surface area contributed by atoms with Crippen LogP contribution in [0.1, 0.15) is 34.8 Å². The van der Waals surface area contributed by atoms with Gasteiger partial charge in [0.1, 0.15) is 0 Å². The molecule has 0 N–H and O–H groups in total. The van der Waals surface area contributed by atoms with Gasteiger partial charge in [0.2, 0.25) is 0 Å². The second-order valence-electron chi connectivity index (χ2n) is 3.89. The number of rotatable bonds is 3. The van der Waals surface area contributed by atoms with Gasteiger partial charge in [-0.15, -0.1) is 0 Å². The molecule has 3 heteroatoms. The number of hydrogen-bond acceptors (Lipinski definition) is 3. The quantitative estimate of drug-likeness (QED) is 0.442. The van der Waals surface area contributed by atoms with Gasteiger partial charge in [-0.25, -0.2) is 4.79 Å². The first-order chi connectivity index (χ1) is 7.72. The molecule has 0 saturated carbocycles. The molecule has 1 aromatic carbocycles. The number of carbonyl (C=O) groups excluding carboxylic acids is 2. The molecule has 0 radical (unpaired) electrons. The van der Waals surface area contributed by atoms with Crippen molar-refractivity contribution in [3.63, 3.8) is 0 Å². The Morgan fingerprint density at radius 1 is 1.25 bits per heavy atom. The maximum atomic E-state index is 11.7. The Morgan fingerprint density at radius 3 is 2.75 bits per heavy atom. The molecule has 0 heterocycles. The highest BCUT2D eigenvalue weighted by Crippen LogP contribution is 2.23. The van der Waals surface area contributed by atoms with Crippen LogP contribution in [0.15, 0.2) is 18.2 Å². The molecule has 1 aromatic rings. The van der Waals surface area contributed by atoms with Crippen molar-refractivity contribution in [2.24, 2.45) is 0 Å². The van der Waals surface area contributed by atoms with Gasteiger partial charge >= 0.3 is 5.97 Å². The van der Waals surface area contributed by atoms with Crippen LogP contribution < -0.4 is 0 Å². The molecule has 1 aliphatic carbocycles. The lowest BCUT2D eigenvalue weighted by atomic mass is 10.0. The van der Waals surface area contributed by atoms with Gasteiger partial charge in [-0.05, 0) is 43.4 Å². The molecule has 0 atom stereocenters. The topological polar surface area (TPSA) is 43.4 Å². The lowest BCUT2D eigenvalue weighted by molar-refractivity contribution is -0.137. The van der Waals surface area contributed by atoms with Gasteiger partial charge in [0, 0.05) is 5.56 Å². The van der Waals surface area contributed by atoms with Gasteiger partial charge in [0.25, 0.3) is 5.78 Å². The number of Topliss-reactive ketones (excluding diaryl/α,β-unsaturated/α-hetero) is 1. The van der Waals surface area contributed by atoms with E-state index >= 15 is 0 Å². The van der Waals surface area contributed by atoms with Crippen LogP contribution in [-0.2, 0) is 22.4 Å². The molecule has 0 aliphatic heterocycles. The minimum atomic E-state index is -0.763. The third kappa shape index (κ3) is 1.98. The Kier molecular flexibility index (Phi) is 3.04. The van der Waals surface area contributed by atoms with Crippen LogP contribution in [0, 0.1) is 0 Å². The van der Waals surface area contributed by atoms with Crippen molar-refractivity contribution in [3.8, 4) is 0 Å². The van der Waals surface area contributed by atoms with Crippen LogP contribution in [0.3, 0.4) is 0 Å². The van der Waals surface area contributed by atoms with Crippen molar-refractivity contribution in [2.45, 2.75) is 26.2 Å². The van der Waals surface area contributed by atoms with E-state index in [4.69, 9.17) is 0 Å². The molecule has 84 valence electrons. The zero-order valence-corrected chi connectivity index (χ0v) is 9.29. The number of ketones is 1. The lowest BCUT2D eigenvalue weighted by Gasteiger charge is -2.03. The molecular weight excluding hydrogens is 204 g/mol. The minimum absolute atomic E-state index is 0.232. The smallest absolute Gasteiger partial charge is 0.379 e. The molecule has 3 nitrogen and oxygen atoms in total. The summed E-state index contributed by atoms with van der Waals surface area (Å²) in [5.41, 5.74) is 2.93. The third-order valence-electron chi connectivity index (χ3n) is 2.82. The highest BCUT2D eigenvalue weighted by Gasteiger charge is 2.19. The zero-order chi connectivity index (χ0) is 11.5. The van der Waals surface area contributed by atoms with Gasteiger partial charge in [0.15, 0.2) is 0 Å². The Hall–Kier alpha value is -1.64. The molecule has 2 rings (SSSR count). The molecule has 0 unspecified atom stereocenters. The average molecular weight is 218 g/mol. The van der Waals surface area contributed by atoms with Gasteiger partial charge < -0.3 is 4.74 Å². The van der Waals surface area contributed by atoms with Crippen LogP contribution in [0.5, 0.6) is 0 Å². The lowest BCUT2D eigenvalue weighted by Crippen LogP contribution is -2.17. The summed E-state index contributed by atoms with van der Waals surface area (Å²) in [5, 5.41) is 0. The van der Waals surface area contributed by atoms with Gasteiger partial charge in [-0.1, -0.05) is 12.1 Å². The van der Waals surface area contributed by atoms with Crippen molar-refractivity contribution < 1.29 is 14.3 Å². The van der Waals surface area contributed by atoms with E-state index in [1.54, 1.807) is 13.0 Å². The summed E-state index contributed by atoms with van der Waals surface area (Å²) in [6.07, 6.45) is 3.20. The first-order valence-electron chi connectivity index (χ1n) is 5.55. The molecule has 0 fully saturated rings. The molecule has 0 aromatic heterocycles. The monoisotopic (exact) mass is 218 g/mol. The Labute approximate surface area is 94.4 Å². The van der Waals surface area contributed by atoms with Crippen molar-refractivity contribution in [1.82, 2.24) is 0 Å². The summed E-state index contributed by atoms with van der Waals surface area (Å²) < 4.78 is 4.69. The maximum absolute atomic E-state index is 11.7. The highest BCUT2D eigenvalue weighted by atomic mass is 16.5. The zero-order valence-electron chi connectivity index (χ0n) is 9.29. The third-order valence-corrected chi connectivity index (χ3v) is 2.82. The molecule has 0 amide bonds. The summed E-state index contributed by atoms with van der Waals surface area (Å²) in [6.45, 7) is 1.92. The van der Waals surface area contributed by atoms with Gasteiger partial charge in [-0.3, -0.25) is 4.79 Å². The van der Waals surface area contributed by atoms with E-state index in [0.29, 0.717) is 5.56 Å². The van der Waals surface area contributed by atoms with E-state index in [1.807, 2.05) is 12.1 Å². The molecule has 16 heavy (non-hydrogen) atoms. The summed E-state index contributed by atoms with van der Waals surface area (Å²) in [7, 11) is 0. The Bertz CT molecular complexity index is 435. The highest BCUT2D eigenvalue weighted by molar-refractivity contribution is 6.40. The number of fused-ring (bicyclic) bond motifs is 1. The predicted molar refractivity (Wildman–Crippen MR) is 59.4 cm³/mol. The second kappa shape index (κ2) is 4.47. The van der Waals surface area contributed by atoms with Crippen molar-refractivity contribution in [1.29, 1.82) is 0 Å². The number of aryl methyl sites for hydroxylation is 2. The minimum Gasteiger partial charge on any atom is -0.460 e. The number of carbonyl (C=O) groups is 2. The SMILES string of the molecule is CCOC(=O)C(=O)c1ccc2c(c1)CCC2. The van der Waals surface area contributed by atoms with Gasteiger partial charge in [-0.2, -0.15) is 0 Å². The maximum Gasteiger partial charge on any atom is 0.379 e. The first kappa shape index (κ1) is 10.9. The van der Waals surface area contributed by atoms with Crippen LogP contribution in [-0.4, -0.2) is 18.4 Å². The molecule has 0 saturated heterocycles. The van der Waals surface area contributed by atoms with Crippen molar-refractivity contribution in [2.75, 3.05) is 6.61 Å². The van der Waals surface area contributed by atoms with Crippen LogP contribution in [0.25, 0.3) is 0 Å². The largest absolute Gasteiger partial charge is 0.460 e. The van der Waals surface area contributed by atoms with E-state index in [1.165, 1.54) is 11.1 Å². The normalized spacial score (nSPS) is 13.3. The average Bonchev–Trinajstić information content (AvgIpc) is 2.75. The molecule has 0 spiro atoms. The Balaban J connectivity index is 2.21. The fourth-order valence-electron chi connectivity index (χ4n) is 2.03. The van der Waals surface area contributed by atoms with E-state index in [2.05, 4.69) is 4.74 Å². The fraction of sp³-hybridized carbons (Fsp3) is 0.385. The number of ether oxygens (including phenoxy) is 1. The summed E-state index contributed by atoms with van der Waals surface area (Å²) in [6, 6.07) is 5.47. The molecule has 1 aliphatic rings. The van der Waals surface area contributed by atoms with E-state index in [0.717, 1.165) is 19.3 Å². The standard InChI is InChI=1S/C13H14O3/c1-2-16-13(15)12(14)11-7-6-9-4-3-5-10(9)8-11/h6-8H,2-5H2,1H3. The number of hydrogen-bond donors (Lipinski definition) is 0. The van der Waals surface area contributed by atoms with Crippen molar-refractivity contribution in [3.05, 3.63) is 34.9 Å². The fourth-order valence-corrected chi connectivity index (χ4v) is 2.03. The Morgan fingerprint density at radius 2 is 2.00 bits per heavy atom. The second-order valence-corrected chi connectivity index (χ2v) is 3.89. The summed E-state index contributed by atoms with van der Waals surface area (Å²) in [4.78, 5) is 22.9. The predicted octanol–water partition coefficient (Wildman–Crippen LogP) is 1.92. The van der Waals surface area contributed by atoms with Crippen LogP contribution >= 0.6 is 0 Å². The van der Waals surface area contributed by atoms with Gasteiger partial charge in [0.05, 0.1) is 6.61 Å². The van der Waals surface area contributed by atoms with Crippen molar-refractivity contribution >= 4 is 11.8 Å². The van der Waals surface area contributed by atoms with E-state index in [9.17, 15) is 9.59 Å². The van der Waals surface area contributed by atoms with Crippen LogP contribution in [0.4, 0.5) is 0 Å². The summed E-state index contributed by atoms with van der Waals surface area (Å²) in [5.74, 6) is -1.31. The summed E-state index contributed by atoms with van der Waals surface area (Å²) >= 11 is 0. The molecular formula is C13H14O3. The number of esters is 1. The van der Waals surface area contributed by atoms with E-state index in [-0.39, 0.29) is 6.61 Å². The van der Waals surface area contributed by atoms with Crippen LogP contribution in [0.2, 0.25) is 0 Å². The molecule has 0 bridgehead atoms. The van der Waals surface area contributed by atoms with E-state index < -0.39 is 11.8 Å². The first-order valence-corrected chi connectivity index (χ1v) is 5.55.